The number of rotatable bonds is 3. The molecule has 0 radical (unpaired) electrons. The monoisotopic (exact) mass is 1010 g/mol. The highest BCUT2D eigenvalue weighted by Crippen LogP contribution is 2.47. The van der Waals surface area contributed by atoms with Crippen LogP contribution in [-0.2, 0) is 37.1 Å². The van der Waals surface area contributed by atoms with Gasteiger partial charge in [-0.05, 0) is 72.8 Å². The van der Waals surface area contributed by atoms with Gasteiger partial charge in [0.25, 0.3) is 0 Å². The molecule has 0 unspecified atom stereocenters. The van der Waals surface area contributed by atoms with Gasteiger partial charge in [0.1, 0.15) is 17.3 Å². The minimum Gasteiger partial charge on any atom is -0.306 e. The Morgan fingerprint density at radius 3 is 0.817 bits per heavy atom. The first kappa shape index (κ1) is 46.8. The van der Waals surface area contributed by atoms with Crippen molar-refractivity contribution in [2.24, 2.45) is 0 Å². The second kappa shape index (κ2) is 15.1. The Labute approximate surface area is 382 Å². The lowest BCUT2D eigenvalue weighted by molar-refractivity contribution is -0.138. The summed E-state index contributed by atoms with van der Waals surface area (Å²) in [6.07, 6.45) is -30.4. The van der Waals surface area contributed by atoms with Gasteiger partial charge in [-0.15, -0.1) is 0 Å². The highest BCUT2D eigenvalue weighted by Gasteiger charge is 2.39. The smallest absolute Gasteiger partial charge is 0.306 e. The van der Waals surface area contributed by atoms with E-state index in [9.17, 15) is 84.3 Å². The molecule has 362 valence electrons. The number of fused-ring (bicyclic) bond motifs is 9. The van der Waals surface area contributed by atoms with E-state index in [-0.39, 0.29) is 32.3 Å². The van der Waals surface area contributed by atoms with Crippen molar-refractivity contribution in [2.45, 2.75) is 37.1 Å². The van der Waals surface area contributed by atoms with Crippen LogP contribution in [0.25, 0.3) is 82.6 Å². The van der Waals surface area contributed by atoms with Gasteiger partial charge in [-0.3, -0.25) is 4.57 Å². The summed E-state index contributed by atoms with van der Waals surface area (Å²) in [6, 6.07) is 13.0. The van der Waals surface area contributed by atoms with Gasteiger partial charge >= 0.3 is 37.1 Å². The zero-order chi connectivity index (χ0) is 51.3. The minimum atomic E-state index is -5.21. The van der Waals surface area contributed by atoms with Gasteiger partial charge < -0.3 is 9.13 Å². The average molecular weight is 1010 g/mol. The molecule has 6 aromatic carbocycles. The molecule has 4 heterocycles. The van der Waals surface area contributed by atoms with Crippen LogP contribution in [0.4, 0.5) is 79.0 Å². The summed E-state index contributed by atoms with van der Waals surface area (Å²) in [7, 11) is 0. The maximum absolute atomic E-state index is 14.6. The van der Waals surface area contributed by atoms with Crippen molar-refractivity contribution in [1.82, 2.24) is 18.7 Å². The van der Waals surface area contributed by atoms with Crippen LogP contribution in [0.1, 0.15) is 38.9 Å². The van der Waals surface area contributed by atoms with Crippen molar-refractivity contribution in [3.05, 3.63) is 154 Å². The van der Waals surface area contributed by atoms with E-state index < -0.39 is 126 Å². The van der Waals surface area contributed by atoms with Gasteiger partial charge in [-0.1, -0.05) is 36.4 Å². The molecule has 0 saturated heterocycles. The second-order valence-electron chi connectivity index (χ2n) is 16.2. The van der Waals surface area contributed by atoms with Crippen molar-refractivity contribution in [1.29, 1.82) is 5.26 Å². The van der Waals surface area contributed by atoms with E-state index in [4.69, 9.17) is 0 Å². The fourth-order valence-corrected chi connectivity index (χ4v) is 8.98. The average Bonchev–Trinajstić information content (AvgIpc) is 3.90. The largest absolute Gasteiger partial charge is 0.416 e. The topological polar surface area (TPSA) is 51.5 Å². The number of aromatic nitrogens is 4. The Balaban J connectivity index is 1.49. The molecule has 0 bridgehead atoms. The Bertz CT molecular complexity index is 3710. The van der Waals surface area contributed by atoms with Crippen LogP contribution >= 0.6 is 0 Å². The van der Waals surface area contributed by atoms with E-state index in [1.807, 2.05) is 0 Å². The molecule has 23 heteroatoms. The van der Waals surface area contributed by atoms with Crippen LogP contribution < -0.4 is 0 Å². The summed E-state index contributed by atoms with van der Waals surface area (Å²) < 4.78 is 263. The Hall–Kier alpha value is -7.90. The first-order valence-electron chi connectivity index (χ1n) is 20.1. The second-order valence-corrected chi connectivity index (χ2v) is 16.2. The molecule has 0 aliphatic heterocycles. The lowest BCUT2D eigenvalue weighted by atomic mass is 10.1. The Kier molecular flexibility index (Phi) is 9.92. The van der Waals surface area contributed by atoms with Crippen LogP contribution in [0.5, 0.6) is 0 Å². The zero-order valence-corrected chi connectivity index (χ0v) is 34.5. The van der Waals surface area contributed by atoms with Gasteiger partial charge in [0.2, 0.25) is 0 Å². The lowest BCUT2D eigenvalue weighted by Gasteiger charge is -2.21. The molecule has 0 amide bonds. The molecular weight excluding hydrogens is 989 g/mol. The SMILES string of the molecule is N#Cc1c(-n2c3cc(C(F)(F)F)ccc3c3ccc(C(F)(F)F)cc32)cnc(-n2c3cc(C(F)(F)F)ccc3c3ccc(C(F)(F)F)cc32)c1-n1c2cc(C(F)(F)F)ccc2c2ccc(C(F)(F)F)cc21. The Morgan fingerprint density at radius 2 is 0.577 bits per heavy atom. The van der Waals surface area contributed by atoms with Crippen molar-refractivity contribution < 1.29 is 79.0 Å². The number of benzene rings is 6. The molecule has 10 aromatic rings. The lowest BCUT2D eigenvalue weighted by Crippen LogP contribution is -2.13. The van der Waals surface area contributed by atoms with Gasteiger partial charge in [-0.2, -0.15) is 84.3 Å². The van der Waals surface area contributed by atoms with Crippen LogP contribution in [-0.4, -0.2) is 18.7 Å². The molecule has 0 saturated carbocycles. The fourth-order valence-electron chi connectivity index (χ4n) is 8.98. The third kappa shape index (κ3) is 7.49. The molecule has 10 rings (SSSR count). The number of nitriles is 1. The Morgan fingerprint density at radius 1 is 0.338 bits per heavy atom. The van der Waals surface area contributed by atoms with Crippen molar-refractivity contribution in [2.75, 3.05) is 0 Å². The standard InChI is InChI=1S/C48H19F18N5/c49-43(50,51)21-1-7-27-28-8-2-22(44(52,53)54)14-35(28)69(34(27)13-21)40-20-68-42(71-38-17-25(47(61,62)63)5-11-31(38)32-12-6-26(18-39(32)71)48(64,65)66)41(33(40)19-67)70-36-15-23(45(55,56)57)3-9-29(36)30-10-4-24(16-37(30)70)46(58,59)60/h1-18,20H. The van der Waals surface area contributed by atoms with E-state index in [1.165, 1.54) is 0 Å². The van der Waals surface area contributed by atoms with Crippen molar-refractivity contribution >= 4 is 65.4 Å². The molecule has 71 heavy (non-hydrogen) atoms. The number of halogens is 18. The number of pyridine rings is 1. The number of hydrogen-bond donors (Lipinski definition) is 0. The van der Waals surface area contributed by atoms with Gasteiger partial charge in [0.15, 0.2) is 5.82 Å². The van der Waals surface area contributed by atoms with Crippen LogP contribution in [0.3, 0.4) is 0 Å². The minimum absolute atomic E-state index is 0.181. The van der Waals surface area contributed by atoms with Gasteiger partial charge in [0, 0.05) is 32.3 Å². The van der Waals surface area contributed by atoms with E-state index >= 15 is 0 Å². The van der Waals surface area contributed by atoms with Crippen LogP contribution in [0.2, 0.25) is 0 Å². The van der Waals surface area contributed by atoms with Crippen molar-refractivity contribution in [3.8, 4) is 23.3 Å². The fraction of sp³-hybridized carbons (Fsp3) is 0.125. The van der Waals surface area contributed by atoms with Crippen LogP contribution in [0.15, 0.2) is 115 Å². The predicted molar refractivity (Wildman–Crippen MR) is 222 cm³/mol. The van der Waals surface area contributed by atoms with Gasteiger partial charge in [-0.25, -0.2) is 4.98 Å². The molecule has 5 nitrogen and oxygen atoms in total. The summed E-state index contributed by atoms with van der Waals surface area (Å²) in [5, 5.41) is 9.99. The molecular formula is C48H19F18N5. The van der Waals surface area contributed by atoms with E-state index in [1.54, 1.807) is 6.07 Å². The normalized spacial score (nSPS) is 13.5. The summed E-state index contributed by atoms with van der Waals surface area (Å²) in [5.41, 5.74) is -15.1. The molecule has 0 fully saturated rings. The summed E-state index contributed by atoms with van der Waals surface area (Å²) in [5.74, 6) is -0.940. The third-order valence-corrected chi connectivity index (χ3v) is 12.1. The number of alkyl halides is 18. The van der Waals surface area contributed by atoms with E-state index in [2.05, 4.69) is 4.98 Å². The molecule has 0 spiro atoms. The third-order valence-electron chi connectivity index (χ3n) is 12.1. The molecule has 0 N–H and O–H groups in total. The number of nitrogens with zero attached hydrogens (tertiary/aromatic N) is 5. The molecule has 0 aliphatic rings. The maximum atomic E-state index is 14.6. The summed E-state index contributed by atoms with van der Waals surface area (Å²) in [6.45, 7) is 0. The maximum Gasteiger partial charge on any atom is 0.416 e. The summed E-state index contributed by atoms with van der Waals surface area (Å²) in [4.78, 5) is 4.36. The van der Waals surface area contributed by atoms with E-state index in [0.717, 1.165) is 36.4 Å². The summed E-state index contributed by atoms with van der Waals surface area (Å²) >= 11 is 0. The highest BCUT2D eigenvalue weighted by molar-refractivity contribution is 6.13. The van der Waals surface area contributed by atoms with Crippen molar-refractivity contribution in [3.63, 3.8) is 0 Å². The molecule has 0 atom stereocenters. The molecule has 4 aromatic heterocycles. The highest BCUT2D eigenvalue weighted by atomic mass is 19.4. The molecule has 0 aliphatic carbocycles. The number of hydrogen-bond acceptors (Lipinski definition) is 2. The van der Waals surface area contributed by atoms with Gasteiger partial charge in [0.05, 0.1) is 78.4 Å². The first-order valence-corrected chi connectivity index (χ1v) is 20.1. The quantitative estimate of drug-likeness (QED) is 0.166. The zero-order valence-electron chi connectivity index (χ0n) is 34.5. The predicted octanol–water partition coefficient (Wildman–Crippen LogP) is 16.4. The first-order chi connectivity index (χ1) is 33.0. The van der Waals surface area contributed by atoms with Crippen LogP contribution in [0, 0.1) is 11.3 Å². The van der Waals surface area contributed by atoms with E-state index in [0.29, 0.717) is 92.7 Å².